The number of esters is 1. The van der Waals surface area contributed by atoms with Gasteiger partial charge in [-0.05, 0) is 26.3 Å². The summed E-state index contributed by atoms with van der Waals surface area (Å²) in [6.45, 7) is 14.1. The van der Waals surface area contributed by atoms with Crippen LogP contribution in [0.15, 0.2) is 5.11 Å². The van der Waals surface area contributed by atoms with E-state index in [1.54, 1.807) is 0 Å². The lowest BCUT2D eigenvalue weighted by Crippen LogP contribution is -2.24. The van der Waals surface area contributed by atoms with Crippen LogP contribution in [0.25, 0.3) is 10.4 Å². The molecule has 0 aromatic heterocycles. The van der Waals surface area contributed by atoms with Gasteiger partial charge in [0.1, 0.15) is 5.60 Å². The number of rotatable bonds is 30. The second-order valence-electron chi connectivity index (χ2n) is 8.80. The summed E-state index contributed by atoms with van der Waals surface area (Å²) in [5.41, 5.74) is 7.65. The van der Waals surface area contributed by atoms with Crippen molar-refractivity contribution in [2.24, 2.45) is 5.11 Å². The Morgan fingerprint density at radius 2 is 0.821 bits per heavy atom. The molecule has 14 nitrogen and oxygen atoms in total. The first-order chi connectivity index (χ1) is 19.0. The van der Waals surface area contributed by atoms with Gasteiger partial charge in [-0.2, -0.15) is 0 Å². The minimum atomic E-state index is -0.473. The largest absolute Gasteiger partial charge is 0.460 e. The van der Waals surface area contributed by atoms with E-state index in [2.05, 4.69) is 10.0 Å². The van der Waals surface area contributed by atoms with Gasteiger partial charge in [0.25, 0.3) is 0 Å². The third kappa shape index (κ3) is 34.4. The van der Waals surface area contributed by atoms with Gasteiger partial charge in [0.15, 0.2) is 0 Å². The summed E-state index contributed by atoms with van der Waals surface area (Å²) in [4.78, 5) is 14.2. The van der Waals surface area contributed by atoms with Crippen molar-refractivity contribution in [3.05, 3.63) is 10.4 Å². The van der Waals surface area contributed by atoms with Crippen LogP contribution in [-0.4, -0.2) is 137 Å². The number of hydrogen-bond donors (Lipinski definition) is 0. The highest BCUT2D eigenvalue weighted by Gasteiger charge is 2.15. The molecule has 39 heavy (non-hydrogen) atoms. The molecule has 0 amide bonds. The van der Waals surface area contributed by atoms with Gasteiger partial charge in [0.05, 0.1) is 125 Å². The molecule has 0 unspecified atom stereocenters. The summed E-state index contributed by atoms with van der Waals surface area (Å²) in [5.74, 6) is -0.267. The third-order valence-corrected chi connectivity index (χ3v) is 4.25. The molecule has 0 bridgehead atoms. The fourth-order valence-electron chi connectivity index (χ4n) is 2.56. The van der Waals surface area contributed by atoms with E-state index in [4.69, 9.17) is 52.9 Å². The monoisotopic (exact) mass is 567 g/mol. The minimum Gasteiger partial charge on any atom is -0.460 e. The number of carbonyl (C=O) groups excluding carboxylic acids is 1. The molecular formula is C25H49N3O11. The van der Waals surface area contributed by atoms with E-state index in [0.29, 0.717) is 125 Å². The Bertz CT molecular complexity index is 588. The third-order valence-electron chi connectivity index (χ3n) is 4.25. The quantitative estimate of drug-likeness (QED) is 0.0412. The number of hydrogen-bond acceptors (Lipinski definition) is 12. The first-order valence-corrected chi connectivity index (χ1v) is 13.4. The van der Waals surface area contributed by atoms with Crippen molar-refractivity contribution in [3.8, 4) is 0 Å². The first kappa shape index (κ1) is 37.4. The molecule has 0 rings (SSSR count). The lowest BCUT2D eigenvalue weighted by Gasteiger charge is -2.19. The zero-order valence-corrected chi connectivity index (χ0v) is 24.0. The van der Waals surface area contributed by atoms with Crippen LogP contribution in [0.3, 0.4) is 0 Å². The van der Waals surface area contributed by atoms with Gasteiger partial charge >= 0.3 is 5.97 Å². The van der Waals surface area contributed by atoms with Gasteiger partial charge in [-0.15, -0.1) is 0 Å². The molecule has 0 heterocycles. The predicted molar refractivity (Wildman–Crippen MR) is 142 cm³/mol. The van der Waals surface area contributed by atoms with Gasteiger partial charge in [0, 0.05) is 11.5 Å². The van der Waals surface area contributed by atoms with Crippen LogP contribution in [0, 0.1) is 0 Å². The number of ether oxygens (including phenoxy) is 10. The van der Waals surface area contributed by atoms with Crippen molar-refractivity contribution in [1.82, 2.24) is 0 Å². The molecule has 0 aliphatic rings. The molecule has 0 saturated heterocycles. The van der Waals surface area contributed by atoms with Crippen LogP contribution in [0.5, 0.6) is 0 Å². The molecular weight excluding hydrogens is 518 g/mol. The zero-order valence-electron chi connectivity index (χ0n) is 24.0. The Morgan fingerprint density at radius 1 is 0.538 bits per heavy atom. The average Bonchev–Trinajstić information content (AvgIpc) is 2.88. The van der Waals surface area contributed by atoms with Crippen LogP contribution in [-0.2, 0) is 52.2 Å². The summed E-state index contributed by atoms with van der Waals surface area (Å²) in [6.07, 6.45) is 0.231. The Labute approximate surface area is 232 Å². The number of azide groups is 1. The summed E-state index contributed by atoms with van der Waals surface area (Å²) in [6, 6.07) is 0. The van der Waals surface area contributed by atoms with E-state index in [-0.39, 0.29) is 12.4 Å². The van der Waals surface area contributed by atoms with Gasteiger partial charge in [-0.3, -0.25) is 4.79 Å². The molecule has 0 N–H and O–H groups in total. The fourth-order valence-corrected chi connectivity index (χ4v) is 2.56. The summed E-state index contributed by atoms with van der Waals surface area (Å²) >= 11 is 0. The van der Waals surface area contributed by atoms with Crippen molar-refractivity contribution >= 4 is 5.97 Å². The highest BCUT2D eigenvalue weighted by molar-refractivity contribution is 5.69. The van der Waals surface area contributed by atoms with Crippen LogP contribution in [0.4, 0.5) is 0 Å². The maximum absolute atomic E-state index is 11.5. The highest BCUT2D eigenvalue weighted by atomic mass is 16.6. The smallest absolute Gasteiger partial charge is 0.308 e. The normalized spacial score (nSPS) is 11.5. The van der Waals surface area contributed by atoms with Gasteiger partial charge < -0.3 is 47.4 Å². The SMILES string of the molecule is CC(C)(C)OC(=O)CCOCCOCCOCCOCCOCCOCCOCCOCCOCCN=[N+]=[N-]. The Kier molecular flexibility index (Phi) is 28.2. The molecule has 0 fully saturated rings. The van der Waals surface area contributed by atoms with Crippen molar-refractivity contribution in [2.75, 3.05) is 125 Å². The molecule has 0 atom stereocenters. The van der Waals surface area contributed by atoms with E-state index >= 15 is 0 Å². The molecule has 14 heteroatoms. The number of carbonyl (C=O) groups is 1. The van der Waals surface area contributed by atoms with E-state index in [1.165, 1.54) is 0 Å². The lowest BCUT2D eigenvalue weighted by molar-refractivity contribution is -0.156. The first-order valence-electron chi connectivity index (χ1n) is 13.4. The van der Waals surface area contributed by atoms with E-state index in [1.807, 2.05) is 20.8 Å². The molecule has 0 spiro atoms. The second-order valence-corrected chi connectivity index (χ2v) is 8.80. The molecule has 0 radical (unpaired) electrons. The molecule has 0 aromatic rings. The van der Waals surface area contributed by atoms with Crippen LogP contribution in [0.2, 0.25) is 0 Å². The van der Waals surface area contributed by atoms with Gasteiger partial charge in [-0.25, -0.2) is 0 Å². The van der Waals surface area contributed by atoms with Crippen molar-refractivity contribution in [3.63, 3.8) is 0 Å². The Hall–Kier alpha value is -1.58. The average molecular weight is 568 g/mol. The van der Waals surface area contributed by atoms with E-state index < -0.39 is 5.60 Å². The Morgan fingerprint density at radius 3 is 1.10 bits per heavy atom. The lowest BCUT2D eigenvalue weighted by atomic mass is 10.2. The van der Waals surface area contributed by atoms with E-state index in [0.717, 1.165) is 0 Å². The Balaban J connectivity index is 3.10. The van der Waals surface area contributed by atoms with Crippen molar-refractivity contribution < 1.29 is 52.2 Å². The van der Waals surface area contributed by atoms with Gasteiger partial charge in [-0.1, -0.05) is 5.11 Å². The second kappa shape index (κ2) is 29.4. The standard InChI is InChI=1S/C25H49N3O11/c1-25(2,3)39-24(29)4-6-30-8-10-32-12-14-34-16-18-36-20-22-38-23-21-37-19-17-35-15-13-33-11-9-31-7-5-27-28-26/h4-23H2,1-3H3. The summed E-state index contributed by atoms with van der Waals surface area (Å²) < 4.78 is 53.6. The molecule has 0 saturated carbocycles. The maximum Gasteiger partial charge on any atom is 0.308 e. The summed E-state index contributed by atoms with van der Waals surface area (Å²) in [5, 5.41) is 3.37. The molecule has 0 aromatic carbocycles. The van der Waals surface area contributed by atoms with Crippen LogP contribution < -0.4 is 0 Å². The van der Waals surface area contributed by atoms with Crippen LogP contribution >= 0.6 is 0 Å². The van der Waals surface area contributed by atoms with Gasteiger partial charge in [0.2, 0.25) is 0 Å². The minimum absolute atomic E-state index is 0.231. The fraction of sp³-hybridized carbons (Fsp3) is 0.960. The molecule has 230 valence electrons. The molecule has 0 aliphatic carbocycles. The highest BCUT2D eigenvalue weighted by Crippen LogP contribution is 2.08. The van der Waals surface area contributed by atoms with Crippen LogP contribution in [0.1, 0.15) is 27.2 Å². The molecule has 0 aliphatic heterocycles. The van der Waals surface area contributed by atoms with E-state index in [9.17, 15) is 4.79 Å². The van der Waals surface area contributed by atoms with Crippen molar-refractivity contribution in [2.45, 2.75) is 32.8 Å². The van der Waals surface area contributed by atoms with Crippen molar-refractivity contribution in [1.29, 1.82) is 0 Å². The maximum atomic E-state index is 11.5. The predicted octanol–water partition coefficient (Wildman–Crippen LogP) is 2.18. The number of nitrogens with zero attached hydrogens (tertiary/aromatic N) is 3. The zero-order chi connectivity index (χ0) is 28.7. The topological polar surface area (TPSA) is 158 Å². The summed E-state index contributed by atoms with van der Waals surface area (Å²) in [7, 11) is 0.